The summed E-state index contributed by atoms with van der Waals surface area (Å²) in [6.07, 6.45) is 4.68. The molecule has 1 aliphatic carbocycles. The molecule has 1 atom stereocenters. The van der Waals surface area contributed by atoms with Gasteiger partial charge in [0.25, 0.3) is 5.91 Å². The molecule has 1 aliphatic rings. The minimum Gasteiger partial charge on any atom is -0.344 e. The molecular formula is C14H12ClN3O. The molecule has 1 N–H and O–H groups in total. The zero-order valence-corrected chi connectivity index (χ0v) is 10.9. The molecule has 0 spiro atoms. The minimum atomic E-state index is -0.217. The number of halogens is 1. The van der Waals surface area contributed by atoms with Gasteiger partial charge in [0, 0.05) is 0 Å². The summed E-state index contributed by atoms with van der Waals surface area (Å²) in [5, 5.41) is 3.27. The molecule has 0 bridgehead atoms. The molecular weight excluding hydrogens is 262 g/mol. The molecule has 1 unspecified atom stereocenters. The predicted octanol–water partition coefficient (Wildman–Crippen LogP) is 2.55. The number of carbonyl (C=O) groups is 1. The van der Waals surface area contributed by atoms with Crippen LogP contribution >= 0.6 is 11.6 Å². The van der Waals surface area contributed by atoms with Crippen molar-refractivity contribution in [3.63, 3.8) is 0 Å². The highest BCUT2D eigenvalue weighted by Crippen LogP contribution is 2.30. The maximum Gasteiger partial charge on any atom is 0.271 e. The number of hydrogen-bond donors (Lipinski definition) is 1. The van der Waals surface area contributed by atoms with Crippen LogP contribution < -0.4 is 5.32 Å². The molecule has 0 saturated heterocycles. The Balaban J connectivity index is 1.76. The highest BCUT2D eigenvalue weighted by atomic mass is 35.5. The van der Waals surface area contributed by atoms with Gasteiger partial charge in [0.15, 0.2) is 0 Å². The zero-order chi connectivity index (χ0) is 13.2. The van der Waals surface area contributed by atoms with E-state index in [2.05, 4.69) is 27.4 Å². The van der Waals surface area contributed by atoms with E-state index in [0.717, 1.165) is 12.8 Å². The first-order valence-electron chi connectivity index (χ1n) is 6.10. The SMILES string of the molecule is O=C(NC1CCc2ccccc21)c1cnc(Cl)cn1. The number of hydrogen-bond acceptors (Lipinski definition) is 3. The van der Waals surface area contributed by atoms with Crippen molar-refractivity contribution in [2.75, 3.05) is 0 Å². The van der Waals surface area contributed by atoms with Crippen LogP contribution in [-0.4, -0.2) is 15.9 Å². The molecule has 96 valence electrons. The van der Waals surface area contributed by atoms with Crippen molar-refractivity contribution in [2.45, 2.75) is 18.9 Å². The monoisotopic (exact) mass is 273 g/mol. The summed E-state index contributed by atoms with van der Waals surface area (Å²) in [6.45, 7) is 0. The Labute approximate surface area is 115 Å². The minimum absolute atomic E-state index is 0.0566. The van der Waals surface area contributed by atoms with Gasteiger partial charge in [0.05, 0.1) is 18.4 Å². The van der Waals surface area contributed by atoms with E-state index in [1.807, 2.05) is 12.1 Å². The van der Waals surface area contributed by atoms with Gasteiger partial charge in [-0.1, -0.05) is 35.9 Å². The first kappa shape index (κ1) is 12.1. The lowest BCUT2D eigenvalue weighted by Crippen LogP contribution is -2.28. The second kappa shape index (κ2) is 4.97. The first-order valence-corrected chi connectivity index (χ1v) is 6.48. The summed E-state index contributed by atoms with van der Waals surface area (Å²) in [5.41, 5.74) is 2.78. The Kier molecular flexibility index (Phi) is 3.17. The van der Waals surface area contributed by atoms with Crippen LogP contribution in [0.15, 0.2) is 36.7 Å². The van der Waals surface area contributed by atoms with Gasteiger partial charge in [0.2, 0.25) is 0 Å². The summed E-state index contributed by atoms with van der Waals surface area (Å²) >= 11 is 5.65. The van der Waals surface area contributed by atoms with Crippen LogP contribution in [0, 0.1) is 0 Å². The number of nitrogens with one attached hydrogen (secondary N) is 1. The summed E-state index contributed by atoms with van der Waals surface area (Å²) < 4.78 is 0. The Morgan fingerprint density at radius 1 is 1.26 bits per heavy atom. The highest BCUT2D eigenvalue weighted by molar-refractivity contribution is 6.29. The van der Waals surface area contributed by atoms with Gasteiger partial charge < -0.3 is 5.32 Å². The molecule has 0 aliphatic heterocycles. The molecule has 0 radical (unpaired) electrons. The van der Waals surface area contributed by atoms with E-state index in [1.165, 1.54) is 23.5 Å². The van der Waals surface area contributed by atoms with Gasteiger partial charge in [-0.05, 0) is 24.0 Å². The average molecular weight is 274 g/mol. The fraction of sp³-hybridized carbons (Fsp3) is 0.214. The van der Waals surface area contributed by atoms with Crippen molar-refractivity contribution in [1.29, 1.82) is 0 Å². The van der Waals surface area contributed by atoms with Crippen LogP contribution in [0.2, 0.25) is 5.15 Å². The largest absolute Gasteiger partial charge is 0.344 e. The van der Waals surface area contributed by atoms with Crippen molar-refractivity contribution >= 4 is 17.5 Å². The summed E-state index contributed by atoms with van der Waals surface area (Å²) in [6, 6.07) is 8.23. The predicted molar refractivity (Wildman–Crippen MR) is 72.0 cm³/mol. The first-order chi connectivity index (χ1) is 9.24. The molecule has 2 aromatic rings. The van der Waals surface area contributed by atoms with Gasteiger partial charge in [-0.15, -0.1) is 0 Å². The van der Waals surface area contributed by atoms with E-state index in [1.54, 1.807) is 0 Å². The van der Waals surface area contributed by atoms with Crippen molar-refractivity contribution in [1.82, 2.24) is 15.3 Å². The summed E-state index contributed by atoms with van der Waals surface area (Å²) in [5.74, 6) is -0.217. The van der Waals surface area contributed by atoms with E-state index < -0.39 is 0 Å². The lowest BCUT2D eigenvalue weighted by atomic mass is 10.1. The molecule has 1 aromatic carbocycles. The quantitative estimate of drug-likeness (QED) is 0.915. The van der Waals surface area contributed by atoms with Gasteiger partial charge >= 0.3 is 0 Å². The van der Waals surface area contributed by atoms with Crippen LogP contribution in [0.25, 0.3) is 0 Å². The third-order valence-electron chi connectivity index (χ3n) is 3.29. The topological polar surface area (TPSA) is 54.9 Å². The summed E-state index contributed by atoms with van der Waals surface area (Å²) in [7, 11) is 0. The van der Waals surface area contributed by atoms with Gasteiger partial charge in [-0.3, -0.25) is 4.79 Å². The number of fused-ring (bicyclic) bond motifs is 1. The molecule has 4 nitrogen and oxygen atoms in total. The number of rotatable bonds is 2. The molecule has 0 saturated carbocycles. The number of aromatic nitrogens is 2. The normalized spacial score (nSPS) is 17.0. The van der Waals surface area contributed by atoms with Crippen LogP contribution in [-0.2, 0) is 6.42 Å². The molecule has 1 aromatic heterocycles. The van der Waals surface area contributed by atoms with E-state index in [0.29, 0.717) is 0 Å². The number of benzene rings is 1. The second-order valence-electron chi connectivity index (χ2n) is 4.49. The fourth-order valence-corrected chi connectivity index (χ4v) is 2.47. The third kappa shape index (κ3) is 2.44. The average Bonchev–Trinajstić information content (AvgIpc) is 2.83. The maximum atomic E-state index is 12.1. The Bertz CT molecular complexity index is 612. The molecule has 19 heavy (non-hydrogen) atoms. The van der Waals surface area contributed by atoms with Crippen molar-refractivity contribution < 1.29 is 4.79 Å². The lowest BCUT2D eigenvalue weighted by Gasteiger charge is -2.13. The van der Waals surface area contributed by atoms with Crippen LogP contribution in [0.1, 0.15) is 34.1 Å². The Morgan fingerprint density at radius 3 is 2.89 bits per heavy atom. The van der Waals surface area contributed by atoms with Crippen molar-refractivity contribution in [3.8, 4) is 0 Å². The maximum absolute atomic E-state index is 12.1. The second-order valence-corrected chi connectivity index (χ2v) is 4.88. The van der Waals surface area contributed by atoms with Gasteiger partial charge in [0.1, 0.15) is 10.8 Å². The van der Waals surface area contributed by atoms with E-state index in [9.17, 15) is 4.79 Å². The molecule has 0 fully saturated rings. The number of nitrogens with zero attached hydrogens (tertiary/aromatic N) is 2. The third-order valence-corrected chi connectivity index (χ3v) is 3.49. The highest BCUT2D eigenvalue weighted by Gasteiger charge is 2.24. The van der Waals surface area contributed by atoms with E-state index >= 15 is 0 Å². The van der Waals surface area contributed by atoms with E-state index in [4.69, 9.17) is 11.6 Å². The van der Waals surface area contributed by atoms with Crippen molar-refractivity contribution in [2.24, 2.45) is 0 Å². The number of carbonyl (C=O) groups excluding carboxylic acids is 1. The van der Waals surface area contributed by atoms with Crippen molar-refractivity contribution in [3.05, 3.63) is 58.6 Å². The Morgan fingerprint density at radius 2 is 2.11 bits per heavy atom. The molecule has 3 rings (SSSR count). The van der Waals surface area contributed by atoms with Crippen LogP contribution in [0.3, 0.4) is 0 Å². The van der Waals surface area contributed by atoms with Crippen LogP contribution in [0.5, 0.6) is 0 Å². The van der Waals surface area contributed by atoms with Gasteiger partial charge in [-0.25, -0.2) is 9.97 Å². The summed E-state index contributed by atoms with van der Waals surface area (Å²) in [4.78, 5) is 19.9. The zero-order valence-electron chi connectivity index (χ0n) is 10.1. The number of amides is 1. The van der Waals surface area contributed by atoms with Gasteiger partial charge in [-0.2, -0.15) is 0 Å². The smallest absolute Gasteiger partial charge is 0.271 e. The molecule has 1 heterocycles. The Hall–Kier alpha value is -1.94. The fourth-order valence-electron chi connectivity index (χ4n) is 2.37. The lowest BCUT2D eigenvalue weighted by molar-refractivity contribution is 0.0931. The molecule has 1 amide bonds. The van der Waals surface area contributed by atoms with Crippen LogP contribution in [0.4, 0.5) is 0 Å². The van der Waals surface area contributed by atoms with E-state index in [-0.39, 0.29) is 22.8 Å². The standard InChI is InChI=1S/C14H12ClN3O/c15-13-8-16-12(7-17-13)14(19)18-11-6-5-9-3-1-2-4-10(9)11/h1-4,7-8,11H,5-6H2,(H,18,19). The molecule has 5 heteroatoms. The number of aryl methyl sites for hydroxylation is 1.